The van der Waals surface area contributed by atoms with E-state index in [-0.39, 0.29) is 11.7 Å². The summed E-state index contributed by atoms with van der Waals surface area (Å²) in [5.41, 5.74) is 8.77. The van der Waals surface area contributed by atoms with Crippen molar-refractivity contribution in [2.45, 2.75) is 26.2 Å². The number of carbonyl (C=O) groups is 1. The minimum atomic E-state index is -0.247. The van der Waals surface area contributed by atoms with E-state index in [9.17, 15) is 9.18 Å². The van der Waals surface area contributed by atoms with Gasteiger partial charge in [-0.3, -0.25) is 14.9 Å². The molecule has 1 aliphatic rings. The average Bonchev–Trinajstić information content (AvgIpc) is 3.61. The van der Waals surface area contributed by atoms with E-state index >= 15 is 0 Å². The van der Waals surface area contributed by atoms with E-state index in [1.165, 1.54) is 6.07 Å². The predicted molar refractivity (Wildman–Crippen MR) is 166 cm³/mol. The van der Waals surface area contributed by atoms with Gasteiger partial charge in [-0.25, -0.2) is 4.39 Å². The number of aryl methyl sites for hydroxylation is 1. The van der Waals surface area contributed by atoms with E-state index in [0.29, 0.717) is 18.0 Å². The molecule has 42 heavy (non-hydrogen) atoms. The number of H-pyrrole nitrogens is 2. The number of piperidine rings is 1. The van der Waals surface area contributed by atoms with Gasteiger partial charge in [0.1, 0.15) is 11.5 Å². The summed E-state index contributed by atoms with van der Waals surface area (Å²) >= 11 is 0. The fourth-order valence-electron chi connectivity index (χ4n) is 6.05. The number of aromatic nitrogens is 4. The van der Waals surface area contributed by atoms with Crippen molar-refractivity contribution in [1.29, 1.82) is 0 Å². The van der Waals surface area contributed by atoms with Gasteiger partial charge in [0.15, 0.2) is 0 Å². The average molecular weight is 559 g/mol. The Morgan fingerprint density at radius 3 is 2.67 bits per heavy atom. The molecule has 1 amide bonds. The van der Waals surface area contributed by atoms with Gasteiger partial charge >= 0.3 is 0 Å². The Morgan fingerprint density at radius 2 is 1.81 bits per heavy atom. The Hall–Kier alpha value is -4.82. The monoisotopic (exact) mass is 558 g/mol. The second-order valence-corrected chi connectivity index (χ2v) is 11.2. The van der Waals surface area contributed by atoms with Gasteiger partial charge < -0.3 is 15.6 Å². The Bertz CT molecular complexity index is 1910. The van der Waals surface area contributed by atoms with Gasteiger partial charge in [-0.1, -0.05) is 24.3 Å². The molecule has 0 unspecified atom stereocenters. The number of hydrogen-bond donors (Lipinski definition) is 4. The molecule has 0 atom stereocenters. The molecule has 6 aromatic rings. The first kappa shape index (κ1) is 26.1. The van der Waals surface area contributed by atoms with Crippen LogP contribution in [-0.2, 0) is 4.79 Å². The Balaban J connectivity index is 1.20. The maximum Gasteiger partial charge on any atom is 0.224 e. The summed E-state index contributed by atoms with van der Waals surface area (Å²) in [7, 11) is 0. The van der Waals surface area contributed by atoms with Gasteiger partial charge in [0.25, 0.3) is 0 Å². The van der Waals surface area contributed by atoms with Crippen molar-refractivity contribution >= 4 is 33.4 Å². The maximum absolute atomic E-state index is 14.2. The van der Waals surface area contributed by atoms with Crippen LogP contribution in [0.1, 0.15) is 24.8 Å². The summed E-state index contributed by atoms with van der Waals surface area (Å²) in [5, 5.41) is 16.1. The van der Waals surface area contributed by atoms with E-state index in [4.69, 9.17) is 0 Å². The zero-order valence-corrected chi connectivity index (χ0v) is 23.3. The summed E-state index contributed by atoms with van der Waals surface area (Å²) in [6, 6.07) is 21.3. The number of carbonyl (C=O) groups excluding carboxylic acids is 1. The molecule has 7 nitrogen and oxygen atoms in total. The highest BCUT2D eigenvalue weighted by Gasteiger charge is 2.18. The molecule has 0 bridgehead atoms. The second-order valence-electron chi connectivity index (χ2n) is 11.2. The molecule has 3 aromatic heterocycles. The van der Waals surface area contributed by atoms with E-state index in [1.54, 1.807) is 18.5 Å². The minimum Gasteiger partial charge on any atom is -0.353 e. The van der Waals surface area contributed by atoms with Gasteiger partial charge in [0.05, 0.1) is 23.1 Å². The molecule has 0 spiro atoms. The van der Waals surface area contributed by atoms with Gasteiger partial charge in [0.2, 0.25) is 5.91 Å². The molecule has 1 saturated heterocycles. The number of nitrogens with one attached hydrogen (secondary N) is 4. The van der Waals surface area contributed by atoms with Gasteiger partial charge in [-0.2, -0.15) is 5.10 Å². The molecule has 3 aromatic carbocycles. The van der Waals surface area contributed by atoms with Crippen molar-refractivity contribution in [3.63, 3.8) is 0 Å². The van der Waals surface area contributed by atoms with Crippen LogP contribution in [0, 0.1) is 18.7 Å². The number of anilines is 1. The van der Waals surface area contributed by atoms with Crippen molar-refractivity contribution in [2.24, 2.45) is 5.92 Å². The Kier molecular flexibility index (Phi) is 6.76. The summed E-state index contributed by atoms with van der Waals surface area (Å²) in [5.74, 6) is 0.200. The Morgan fingerprint density at radius 1 is 0.929 bits per heavy atom. The lowest BCUT2D eigenvalue weighted by Gasteiger charge is -2.21. The molecule has 8 heteroatoms. The second kappa shape index (κ2) is 10.9. The quantitative estimate of drug-likeness (QED) is 0.174. The molecule has 4 N–H and O–H groups in total. The van der Waals surface area contributed by atoms with Crippen molar-refractivity contribution in [1.82, 2.24) is 25.5 Å². The minimum absolute atomic E-state index is 0.0278. The van der Waals surface area contributed by atoms with Crippen molar-refractivity contribution in [3.05, 3.63) is 90.5 Å². The molecule has 4 heterocycles. The number of rotatable bonds is 6. The number of aromatic amines is 2. The first-order chi connectivity index (χ1) is 20.5. The number of pyridine rings is 1. The van der Waals surface area contributed by atoms with Crippen LogP contribution in [0.3, 0.4) is 0 Å². The molecule has 0 radical (unpaired) electrons. The number of fused-ring (bicyclic) bond motifs is 2. The third-order valence-electron chi connectivity index (χ3n) is 8.12. The van der Waals surface area contributed by atoms with Crippen molar-refractivity contribution in [3.8, 4) is 33.6 Å². The van der Waals surface area contributed by atoms with E-state index < -0.39 is 0 Å². The van der Waals surface area contributed by atoms with Crippen LogP contribution in [0.2, 0.25) is 0 Å². The standard InChI is InChI=1S/C34H31FN6O/c1-20-11-23(14-25(35)12-20)27-3-2-4-30-28(27)17-32(39-30)34-29-16-22(5-6-31(29)40-41-34)24-15-26(19-37-18-24)38-33(42)13-21-7-9-36-10-8-21/h2-6,11-12,14-19,21,36,39H,7-10,13H2,1H3,(H,38,42)(H,40,41). The lowest BCUT2D eigenvalue weighted by Crippen LogP contribution is -2.30. The summed E-state index contributed by atoms with van der Waals surface area (Å²) in [6.45, 7) is 3.84. The third-order valence-corrected chi connectivity index (χ3v) is 8.12. The highest BCUT2D eigenvalue weighted by Crippen LogP contribution is 2.36. The molecule has 210 valence electrons. The SMILES string of the molecule is Cc1cc(F)cc(-c2cccc3[nH]c(-c4n[nH]c5ccc(-c6cncc(NC(=O)CC7CCNCC7)c6)cc45)cc23)c1. The van der Waals surface area contributed by atoms with Crippen LogP contribution in [0.4, 0.5) is 10.1 Å². The molecule has 0 saturated carbocycles. The highest BCUT2D eigenvalue weighted by molar-refractivity contribution is 6.02. The highest BCUT2D eigenvalue weighted by atomic mass is 19.1. The van der Waals surface area contributed by atoms with Gasteiger partial charge in [-0.05, 0) is 103 Å². The van der Waals surface area contributed by atoms with Crippen LogP contribution in [0.5, 0.6) is 0 Å². The molecule has 0 aliphatic carbocycles. The maximum atomic E-state index is 14.2. The molecular weight excluding hydrogens is 527 g/mol. The fourth-order valence-corrected chi connectivity index (χ4v) is 6.05. The number of nitrogens with zero attached hydrogens (tertiary/aromatic N) is 2. The number of amides is 1. The lowest BCUT2D eigenvalue weighted by molar-refractivity contribution is -0.117. The lowest BCUT2D eigenvalue weighted by atomic mass is 9.94. The van der Waals surface area contributed by atoms with Crippen LogP contribution in [0.25, 0.3) is 55.4 Å². The molecule has 7 rings (SSSR count). The van der Waals surface area contributed by atoms with Crippen LogP contribution in [-0.4, -0.2) is 39.2 Å². The topological polar surface area (TPSA) is 98.5 Å². The van der Waals surface area contributed by atoms with Crippen LogP contribution < -0.4 is 10.6 Å². The van der Waals surface area contributed by atoms with Gasteiger partial charge in [0, 0.05) is 34.5 Å². The van der Waals surface area contributed by atoms with Crippen molar-refractivity contribution in [2.75, 3.05) is 18.4 Å². The van der Waals surface area contributed by atoms with Gasteiger partial charge in [-0.15, -0.1) is 0 Å². The Labute approximate surface area is 242 Å². The van der Waals surface area contributed by atoms with E-state index in [0.717, 1.165) is 86.9 Å². The normalized spacial score (nSPS) is 14.0. The van der Waals surface area contributed by atoms with Crippen LogP contribution in [0.15, 0.2) is 79.1 Å². The molecular formula is C34H31FN6O. The van der Waals surface area contributed by atoms with E-state index in [1.807, 2.05) is 49.4 Å². The number of halogens is 1. The third kappa shape index (κ3) is 5.17. The fraction of sp³-hybridized carbons (Fsp3) is 0.206. The first-order valence-electron chi connectivity index (χ1n) is 14.3. The summed E-state index contributed by atoms with van der Waals surface area (Å²) in [4.78, 5) is 20.6. The largest absolute Gasteiger partial charge is 0.353 e. The smallest absolute Gasteiger partial charge is 0.224 e. The van der Waals surface area contributed by atoms with E-state index in [2.05, 4.69) is 42.9 Å². The first-order valence-corrected chi connectivity index (χ1v) is 14.3. The number of benzene rings is 3. The summed E-state index contributed by atoms with van der Waals surface area (Å²) < 4.78 is 14.2. The molecule has 1 fully saturated rings. The van der Waals surface area contributed by atoms with Crippen molar-refractivity contribution < 1.29 is 9.18 Å². The number of hydrogen-bond acceptors (Lipinski definition) is 4. The summed E-state index contributed by atoms with van der Waals surface area (Å²) in [6.07, 6.45) is 6.08. The zero-order valence-electron chi connectivity index (χ0n) is 23.3. The predicted octanol–water partition coefficient (Wildman–Crippen LogP) is 7.22. The molecule has 1 aliphatic heterocycles. The van der Waals surface area contributed by atoms with Crippen LogP contribution >= 0.6 is 0 Å². The zero-order chi connectivity index (χ0) is 28.6.